The standard InChI is InChI=1S/C15H14F2N4O2/c1-23-15-13(18-4-5-19-15)20-21-14(22)11-7-10(11)9-3-2-8(16)6-12(9)17/h2-6,10-11H,7H2,1H3,(H,18,20)(H,21,22)/t10-,11-/m1/s1. The van der Waals surface area contributed by atoms with Crippen LogP contribution in [0.3, 0.4) is 0 Å². The highest BCUT2D eigenvalue weighted by Crippen LogP contribution is 2.48. The molecule has 6 nitrogen and oxygen atoms in total. The minimum atomic E-state index is -0.635. The third-order valence-electron chi connectivity index (χ3n) is 3.65. The molecule has 1 saturated carbocycles. The highest BCUT2D eigenvalue weighted by Gasteiger charge is 2.45. The fourth-order valence-corrected chi connectivity index (χ4v) is 2.40. The van der Waals surface area contributed by atoms with Crippen molar-refractivity contribution in [1.29, 1.82) is 0 Å². The first kappa shape index (κ1) is 15.1. The number of carbonyl (C=O) groups excluding carboxylic acids is 1. The van der Waals surface area contributed by atoms with Gasteiger partial charge in [0.15, 0.2) is 0 Å². The summed E-state index contributed by atoms with van der Waals surface area (Å²) in [5, 5.41) is 0. The Morgan fingerprint density at radius 1 is 1.30 bits per heavy atom. The highest BCUT2D eigenvalue weighted by atomic mass is 19.1. The summed E-state index contributed by atoms with van der Waals surface area (Å²) >= 11 is 0. The molecule has 0 saturated heterocycles. The number of halogens is 2. The zero-order valence-corrected chi connectivity index (χ0v) is 12.2. The number of hydrazine groups is 1. The van der Waals surface area contributed by atoms with Crippen molar-refractivity contribution in [1.82, 2.24) is 15.4 Å². The molecule has 1 fully saturated rings. The first-order valence-electron chi connectivity index (χ1n) is 6.96. The summed E-state index contributed by atoms with van der Waals surface area (Å²) in [7, 11) is 1.44. The molecule has 0 radical (unpaired) electrons. The lowest BCUT2D eigenvalue weighted by molar-refractivity contribution is -0.121. The van der Waals surface area contributed by atoms with E-state index in [1.165, 1.54) is 31.6 Å². The molecule has 0 unspecified atom stereocenters. The molecule has 1 amide bonds. The molecule has 120 valence electrons. The summed E-state index contributed by atoms with van der Waals surface area (Å²) < 4.78 is 31.6. The van der Waals surface area contributed by atoms with Gasteiger partial charge in [0, 0.05) is 24.4 Å². The van der Waals surface area contributed by atoms with Gasteiger partial charge in [-0.3, -0.25) is 15.6 Å². The Balaban J connectivity index is 1.60. The van der Waals surface area contributed by atoms with Crippen LogP contribution in [0.2, 0.25) is 0 Å². The van der Waals surface area contributed by atoms with Crippen LogP contribution in [-0.4, -0.2) is 23.0 Å². The summed E-state index contributed by atoms with van der Waals surface area (Å²) in [6.07, 6.45) is 3.42. The van der Waals surface area contributed by atoms with Crippen LogP contribution in [-0.2, 0) is 4.79 Å². The van der Waals surface area contributed by atoms with Gasteiger partial charge in [-0.25, -0.2) is 18.7 Å². The van der Waals surface area contributed by atoms with Crippen molar-refractivity contribution in [2.24, 2.45) is 5.92 Å². The number of hydrogen-bond acceptors (Lipinski definition) is 5. The van der Waals surface area contributed by atoms with E-state index in [2.05, 4.69) is 20.8 Å². The molecule has 0 spiro atoms. The molecule has 1 aliphatic carbocycles. The molecule has 1 aromatic carbocycles. The van der Waals surface area contributed by atoms with Gasteiger partial charge in [-0.05, 0) is 24.0 Å². The molecule has 0 bridgehead atoms. The van der Waals surface area contributed by atoms with Crippen LogP contribution in [0.25, 0.3) is 0 Å². The van der Waals surface area contributed by atoms with Gasteiger partial charge in [0.25, 0.3) is 5.88 Å². The molecule has 2 N–H and O–H groups in total. The van der Waals surface area contributed by atoms with E-state index >= 15 is 0 Å². The molecule has 2 atom stereocenters. The number of hydrogen-bond donors (Lipinski definition) is 2. The van der Waals surface area contributed by atoms with Gasteiger partial charge in [0.2, 0.25) is 11.7 Å². The van der Waals surface area contributed by atoms with Crippen LogP contribution < -0.4 is 15.6 Å². The summed E-state index contributed by atoms with van der Waals surface area (Å²) in [5.74, 6) is -1.67. The van der Waals surface area contributed by atoms with Crippen LogP contribution in [0.15, 0.2) is 30.6 Å². The van der Waals surface area contributed by atoms with Crippen LogP contribution >= 0.6 is 0 Å². The lowest BCUT2D eigenvalue weighted by Crippen LogP contribution is -2.31. The number of rotatable bonds is 5. The molecule has 1 aliphatic rings. The van der Waals surface area contributed by atoms with Crippen LogP contribution in [0, 0.1) is 17.6 Å². The van der Waals surface area contributed by atoms with Crippen molar-refractivity contribution in [3.05, 3.63) is 47.8 Å². The topological polar surface area (TPSA) is 76.1 Å². The number of anilines is 1. The third kappa shape index (κ3) is 3.20. The quantitative estimate of drug-likeness (QED) is 0.824. The summed E-state index contributed by atoms with van der Waals surface area (Å²) in [4.78, 5) is 20.0. The number of aromatic nitrogens is 2. The van der Waals surface area contributed by atoms with Crippen LogP contribution in [0.5, 0.6) is 5.88 Å². The third-order valence-corrected chi connectivity index (χ3v) is 3.65. The SMILES string of the molecule is COc1nccnc1NNC(=O)[C@@H]1C[C@@H]1c1ccc(F)cc1F. The maximum absolute atomic E-state index is 13.7. The Morgan fingerprint density at radius 2 is 2.09 bits per heavy atom. The molecule has 1 aromatic heterocycles. The van der Waals surface area contributed by atoms with E-state index in [1.807, 2.05) is 0 Å². The van der Waals surface area contributed by atoms with E-state index in [0.717, 1.165) is 6.07 Å². The van der Waals surface area contributed by atoms with Crippen LogP contribution in [0.1, 0.15) is 17.9 Å². The monoisotopic (exact) mass is 320 g/mol. The largest absolute Gasteiger partial charge is 0.478 e. The fourth-order valence-electron chi connectivity index (χ4n) is 2.40. The molecule has 0 aliphatic heterocycles. The van der Waals surface area contributed by atoms with Gasteiger partial charge in [-0.2, -0.15) is 0 Å². The lowest BCUT2D eigenvalue weighted by atomic mass is 10.1. The van der Waals surface area contributed by atoms with E-state index in [9.17, 15) is 13.6 Å². The zero-order valence-electron chi connectivity index (χ0n) is 12.2. The number of carbonyl (C=O) groups is 1. The number of nitrogens with one attached hydrogen (secondary N) is 2. The van der Waals surface area contributed by atoms with E-state index < -0.39 is 11.6 Å². The second-order valence-corrected chi connectivity index (χ2v) is 5.14. The Hall–Kier alpha value is -2.77. The first-order valence-corrected chi connectivity index (χ1v) is 6.96. The normalized spacial score (nSPS) is 19.1. The molecule has 8 heteroatoms. The van der Waals surface area contributed by atoms with Gasteiger partial charge in [-0.15, -0.1) is 0 Å². The Bertz CT molecular complexity index is 741. The average Bonchev–Trinajstić information content (AvgIpc) is 3.33. The van der Waals surface area contributed by atoms with Gasteiger partial charge < -0.3 is 4.74 Å². The highest BCUT2D eigenvalue weighted by molar-refractivity contribution is 5.84. The van der Waals surface area contributed by atoms with E-state index in [4.69, 9.17) is 4.74 Å². The van der Waals surface area contributed by atoms with Crippen molar-refractivity contribution in [2.45, 2.75) is 12.3 Å². The molecule has 3 rings (SSSR count). The van der Waals surface area contributed by atoms with Crippen molar-refractivity contribution < 1.29 is 18.3 Å². The van der Waals surface area contributed by atoms with E-state index in [0.29, 0.717) is 12.0 Å². The number of nitrogens with zero attached hydrogens (tertiary/aromatic N) is 2. The molecule has 23 heavy (non-hydrogen) atoms. The smallest absolute Gasteiger partial charge is 0.258 e. The maximum atomic E-state index is 13.7. The summed E-state index contributed by atoms with van der Waals surface area (Å²) in [6.45, 7) is 0. The molecule has 1 heterocycles. The van der Waals surface area contributed by atoms with Crippen molar-refractivity contribution in [3.63, 3.8) is 0 Å². The molecule has 2 aromatic rings. The lowest BCUT2D eigenvalue weighted by Gasteiger charge is -2.10. The van der Waals surface area contributed by atoms with Gasteiger partial charge in [0.05, 0.1) is 7.11 Å². The minimum Gasteiger partial charge on any atom is -0.478 e. The van der Waals surface area contributed by atoms with Gasteiger partial charge >= 0.3 is 0 Å². The summed E-state index contributed by atoms with van der Waals surface area (Å²) in [5.41, 5.74) is 5.48. The van der Waals surface area contributed by atoms with Crippen LogP contribution in [0.4, 0.5) is 14.6 Å². The second kappa shape index (κ2) is 6.15. The van der Waals surface area contributed by atoms with Gasteiger partial charge in [-0.1, -0.05) is 6.07 Å². The predicted molar refractivity (Wildman–Crippen MR) is 77.6 cm³/mol. The Kier molecular flexibility index (Phi) is 4.05. The summed E-state index contributed by atoms with van der Waals surface area (Å²) in [6, 6.07) is 3.39. The molecular weight excluding hydrogens is 306 g/mol. The Morgan fingerprint density at radius 3 is 2.83 bits per heavy atom. The first-order chi connectivity index (χ1) is 11.1. The number of amides is 1. The fraction of sp³-hybridized carbons (Fsp3) is 0.267. The van der Waals surface area contributed by atoms with Crippen molar-refractivity contribution in [2.75, 3.05) is 12.5 Å². The number of benzene rings is 1. The van der Waals surface area contributed by atoms with Gasteiger partial charge in [0.1, 0.15) is 11.6 Å². The van der Waals surface area contributed by atoms with Crippen molar-refractivity contribution >= 4 is 11.7 Å². The Labute approximate surface area is 130 Å². The maximum Gasteiger partial charge on any atom is 0.258 e. The van der Waals surface area contributed by atoms with Crippen molar-refractivity contribution in [3.8, 4) is 5.88 Å². The minimum absolute atomic E-state index is 0.240. The molecular formula is C15H14F2N4O2. The zero-order chi connectivity index (χ0) is 16.4. The van der Waals surface area contributed by atoms with E-state index in [-0.39, 0.29) is 29.4 Å². The predicted octanol–water partition coefficient (Wildman–Crippen LogP) is 2.01. The number of methoxy groups -OCH3 is 1. The second-order valence-electron chi connectivity index (χ2n) is 5.14. The average molecular weight is 320 g/mol. The van der Waals surface area contributed by atoms with E-state index in [1.54, 1.807) is 0 Å². The number of ether oxygens (including phenoxy) is 1.